The maximum atomic E-state index is 10.7. The fraction of sp³-hybridized carbons (Fsp3) is 0.0909. The van der Waals surface area contributed by atoms with Gasteiger partial charge in [-0.3, -0.25) is 4.98 Å². The zero-order valence-electron chi connectivity index (χ0n) is 8.78. The van der Waals surface area contributed by atoms with Crippen LogP contribution in [-0.2, 0) is 6.61 Å². The number of aromatic nitrogens is 3. The molecule has 0 aliphatic rings. The number of nitrogens with zero attached hydrogens (tertiary/aromatic N) is 3. The molecule has 0 fully saturated rings. The first-order valence-corrected chi connectivity index (χ1v) is 4.83. The van der Waals surface area contributed by atoms with Gasteiger partial charge in [-0.05, 0) is 6.07 Å². The Morgan fingerprint density at radius 3 is 3.00 bits per heavy atom. The Morgan fingerprint density at radius 1 is 1.41 bits per heavy atom. The number of hydrogen-bond donors (Lipinski definition) is 1. The first-order chi connectivity index (χ1) is 8.25. The van der Waals surface area contributed by atoms with Crippen molar-refractivity contribution in [2.24, 2.45) is 0 Å². The molecule has 0 atom stereocenters. The highest BCUT2D eigenvalue weighted by molar-refractivity contribution is 5.85. The highest BCUT2D eigenvalue weighted by atomic mass is 16.5. The average Bonchev–Trinajstić information content (AvgIpc) is 2.38. The van der Waals surface area contributed by atoms with E-state index in [1.54, 1.807) is 18.5 Å². The zero-order valence-corrected chi connectivity index (χ0v) is 8.78. The minimum Gasteiger partial charge on any atom is -0.477 e. The smallest absolute Gasteiger partial charge is 0.354 e. The van der Waals surface area contributed by atoms with Crippen molar-refractivity contribution in [1.82, 2.24) is 15.0 Å². The van der Waals surface area contributed by atoms with Gasteiger partial charge < -0.3 is 9.84 Å². The first kappa shape index (κ1) is 11.0. The van der Waals surface area contributed by atoms with E-state index in [1.807, 2.05) is 6.07 Å². The molecule has 6 heteroatoms. The third-order valence-electron chi connectivity index (χ3n) is 1.97. The number of pyridine rings is 1. The third kappa shape index (κ3) is 2.97. The van der Waals surface area contributed by atoms with Crippen LogP contribution in [0, 0.1) is 0 Å². The van der Waals surface area contributed by atoms with Gasteiger partial charge in [-0.1, -0.05) is 6.07 Å². The Balaban J connectivity index is 2.04. The molecule has 86 valence electrons. The minimum absolute atomic E-state index is 0.0961. The van der Waals surface area contributed by atoms with Crippen molar-refractivity contribution in [3.8, 4) is 5.88 Å². The van der Waals surface area contributed by atoms with E-state index in [1.165, 1.54) is 6.07 Å². The lowest BCUT2D eigenvalue weighted by Crippen LogP contribution is -2.03. The molecule has 2 aromatic rings. The van der Waals surface area contributed by atoms with Crippen molar-refractivity contribution in [3.05, 3.63) is 48.2 Å². The second-order valence-corrected chi connectivity index (χ2v) is 3.20. The van der Waals surface area contributed by atoms with Crippen molar-refractivity contribution in [1.29, 1.82) is 0 Å². The molecule has 2 rings (SSSR count). The van der Waals surface area contributed by atoms with Crippen LogP contribution >= 0.6 is 0 Å². The molecule has 0 aromatic carbocycles. The Labute approximate surface area is 96.9 Å². The molecule has 0 saturated carbocycles. The van der Waals surface area contributed by atoms with E-state index < -0.39 is 5.97 Å². The monoisotopic (exact) mass is 231 g/mol. The summed E-state index contributed by atoms with van der Waals surface area (Å²) in [6, 6.07) is 4.92. The molecule has 0 radical (unpaired) electrons. The number of carbonyl (C=O) groups is 1. The van der Waals surface area contributed by atoms with Crippen LogP contribution in [0.15, 0.2) is 36.9 Å². The maximum Gasteiger partial charge on any atom is 0.354 e. The Morgan fingerprint density at radius 2 is 2.29 bits per heavy atom. The van der Waals surface area contributed by atoms with E-state index in [2.05, 4.69) is 15.0 Å². The number of rotatable bonds is 4. The summed E-state index contributed by atoms with van der Waals surface area (Å²) in [6.07, 6.45) is 4.48. The maximum absolute atomic E-state index is 10.7. The molecular weight excluding hydrogens is 222 g/mol. The van der Waals surface area contributed by atoms with E-state index in [9.17, 15) is 4.79 Å². The average molecular weight is 231 g/mol. The van der Waals surface area contributed by atoms with Crippen molar-refractivity contribution >= 4 is 5.97 Å². The Hall–Kier alpha value is -2.50. The number of carboxylic acids is 1. The normalized spacial score (nSPS) is 9.88. The number of carboxylic acid groups (broad SMARTS) is 1. The highest BCUT2D eigenvalue weighted by Gasteiger charge is 2.06. The third-order valence-corrected chi connectivity index (χ3v) is 1.97. The van der Waals surface area contributed by atoms with Gasteiger partial charge in [-0.25, -0.2) is 14.8 Å². The minimum atomic E-state index is -1.11. The fourth-order valence-electron chi connectivity index (χ4n) is 1.18. The van der Waals surface area contributed by atoms with Gasteiger partial charge in [0.15, 0.2) is 5.69 Å². The lowest BCUT2D eigenvalue weighted by Gasteiger charge is -2.04. The summed E-state index contributed by atoms with van der Waals surface area (Å²) in [5, 5.41) is 8.74. The van der Waals surface area contributed by atoms with E-state index in [0.29, 0.717) is 0 Å². The van der Waals surface area contributed by atoms with Crippen LogP contribution < -0.4 is 4.74 Å². The van der Waals surface area contributed by atoms with Crippen LogP contribution in [0.5, 0.6) is 5.88 Å². The van der Waals surface area contributed by atoms with Crippen LogP contribution in [0.3, 0.4) is 0 Å². The molecule has 1 N–H and O–H groups in total. The van der Waals surface area contributed by atoms with E-state index >= 15 is 0 Å². The number of aromatic carboxylic acids is 1. The molecule has 17 heavy (non-hydrogen) atoms. The van der Waals surface area contributed by atoms with Gasteiger partial charge >= 0.3 is 5.97 Å². The van der Waals surface area contributed by atoms with Crippen molar-refractivity contribution in [2.75, 3.05) is 0 Å². The Bertz CT molecular complexity index is 516. The summed E-state index contributed by atoms with van der Waals surface area (Å²) in [7, 11) is 0. The standard InChI is InChI=1S/C11H9N3O3/c15-11(16)9-4-10(14-7-13-9)17-6-8-2-1-3-12-5-8/h1-5,7H,6H2,(H,15,16). The van der Waals surface area contributed by atoms with Gasteiger partial charge in [-0.15, -0.1) is 0 Å². The van der Waals surface area contributed by atoms with Crippen LogP contribution in [0.1, 0.15) is 16.1 Å². The molecule has 6 nitrogen and oxygen atoms in total. The molecule has 0 aliphatic carbocycles. The molecule has 2 aromatic heterocycles. The van der Waals surface area contributed by atoms with Crippen LogP contribution in [0.2, 0.25) is 0 Å². The summed E-state index contributed by atoms with van der Waals surface area (Å²) < 4.78 is 5.33. The zero-order chi connectivity index (χ0) is 12.1. The largest absolute Gasteiger partial charge is 0.477 e. The summed E-state index contributed by atoms with van der Waals surface area (Å²) >= 11 is 0. The summed E-state index contributed by atoms with van der Waals surface area (Å²) in [4.78, 5) is 22.0. The van der Waals surface area contributed by atoms with Crippen LogP contribution in [-0.4, -0.2) is 26.0 Å². The summed E-state index contributed by atoms with van der Waals surface area (Å²) in [5.74, 6) is -0.889. The van der Waals surface area contributed by atoms with Crippen molar-refractivity contribution in [3.63, 3.8) is 0 Å². The summed E-state index contributed by atoms with van der Waals surface area (Å²) in [6.45, 7) is 0.282. The predicted molar refractivity (Wildman–Crippen MR) is 57.6 cm³/mol. The Kier molecular flexibility index (Phi) is 3.25. The molecule has 0 saturated heterocycles. The number of hydrogen-bond acceptors (Lipinski definition) is 5. The number of ether oxygens (including phenoxy) is 1. The van der Waals surface area contributed by atoms with Gasteiger partial charge in [0, 0.05) is 24.0 Å². The SMILES string of the molecule is O=C(O)c1cc(OCc2cccnc2)ncn1. The fourth-order valence-corrected chi connectivity index (χ4v) is 1.18. The summed E-state index contributed by atoms with van der Waals surface area (Å²) in [5.41, 5.74) is 0.782. The lowest BCUT2D eigenvalue weighted by molar-refractivity contribution is 0.0689. The molecular formula is C11H9N3O3. The second-order valence-electron chi connectivity index (χ2n) is 3.20. The van der Waals surface area contributed by atoms with E-state index in [0.717, 1.165) is 11.9 Å². The van der Waals surface area contributed by atoms with Gasteiger partial charge in [0.2, 0.25) is 5.88 Å². The van der Waals surface area contributed by atoms with Crippen molar-refractivity contribution < 1.29 is 14.6 Å². The van der Waals surface area contributed by atoms with E-state index in [4.69, 9.17) is 9.84 Å². The van der Waals surface area contributed by atoms with Gasteiger partial charge in [0.1, 0.15) is 12.9 Å². The molecule has 0 bridgehead atoms. The first-order valence-electron chi connectivity index (χ1n) is 4.83. The van der Waals surface area contributed by atoms with Gasteiger partial charge in [0.05, 0.1) is 0 Å². The lowest BCUT2D eigenvalue weighted by atomic mass is 10.3. The molecule has 0 spiro atoms. The van der Waals surface area contributed by atoms with E-state index in [-0.39, 0.29) is 18.2 Å². The molecule has 2 heterocycles. The van der Waals surface area contributed by atoms with Gasteiger partial charge in [0.25, 0.3) is 0 Å². The van der Waals surface area contributed by atoms with Crippen molar-refractivity contribution in [2.45, 2.75) is 6.61 Å². The van der Waals surface area contributed by atoms with Gasteiger partial charge in [-0.2, -0.15) is 0 Å². The molecule has 0 amide bonds. The second kappa shape index (κ2) is 5.02. The van der Waals surface area contributed by atoms with Crippen LogP contribution in [0.4, 0.5) is 0 Å². The molecule has 0 unspecified atom stereocenters. The highest BCUT2D eigenvalue weighted by Crippen LogP contribution is 2.09. The predicted octanol–water partition coefficient (Wildman–Crippen LogP) is 1.15. The van der Waals surface area contributed by atoms with Crippen LogP contribution in [0.25, 0.3) is 0 Å². The quantitative estimate of drug-likeness (QED) is 0.849. The molecule has 0 aliphatic heterocycles. The topological polar surface area (TPSA) is 85.2 Å².